The van der Waals surface area contributed by atoms with Crippen molar-refractivity contribution < 1.29 is 9.18 Å². The van der Waals surface area contributed by atoms with E-state index in [9.17, 15) is 9.18 Å². The Morgan fingerprint density at radius 3 is 2.69 bits per heavy atom. The Hall–Kier alpha value is -1.38. The van der Waals surface area contributed by atoms with E-state index < -0.39 is 0 Å². The van der Waals surface area contributed by atoms with Gasteiger partial charge >= 0.3 is 0 Å². The zero-order chi connectivity index (χ0) is 11.4. The van der Waals surface area contributed by atoms with Gasteiger partial charge in [-0.25, -0.2) is 4.39 Å². The average Bonchev–Trinajstić information content (AvgIpc) is 2.30. The summed E-state index contributed by atoms with van der Waals surface area (Å²) in [5.41, 5.74) is 0.760. The number of halogens is 1. The fourth-order valence-electron chi connectivity index (χ4n) is 2.08. The molecule has 1 aliphatic heterocycles. The highest BCUT2D eigenvalue weighted by Crippen LogP contribution is 2.11. The molecular formula is C13H16FNO. The third kappa shape index (κ3) is 2.81. The molecule has 2 nitrogen and oxygen atoms in total. The van der Waals surface area contributed by atoms with Crippen molar-refractivity contribution in [1.29, 1.82) is 0 Å². The molecule has 0 unspecified atom stereocenters. The van der Waals surface area contributed by atoms with E-state index in [4.69, 9.17) is 0 Å². The summed E-state index contributed by atoms with van der Waals surface area (Å²) in [6.45, 7) is 1.71. The van der Waals surface area contributed by atoms with Crippen LogP contribution in [0.15, 0.2) is 24.3 Å². The van der Waals surface area contributed by atoms with E-state index in [2.05, 4.69) is 0 Å². The normalized spacial score (nSPS) is 16.2. The van der Waals surface area contributed by atoms with Crippen molar-refractivity contribution in [2.24, 2.45) is 0 Å². The number of carbonyl (C=O) groups is 1. The lowest BCUT2D eigenvalue weighted by Crippen LogP contribution is -2.36. The minimum absolute atomic E-state index is 0.116. The number of rotatable bonds is 2. The number of amides is 1. The molecule has 1 fully saturated rings. The van der Waals surface area contributed by atoms with Crippen LogP contribution in [0.3, 0.4) is 0 Å². The minimum atomic E-state index is -0.274. The highest BCUT2D eigenvalue weighted by molar-refractivity contribution is 5.78. The number of likely N-dealkylation sites (tertiary alicyclic amines) is 1. The summed E-state index contributed by atoms with van der Waals surface area (Å²) < 4.78 is 12.9. The van der Waals surface area contributed by atoms with Crippen molar-refractivity contribution in [3.05, 3.63) is 35.6 Å². The predicted octanol–water partition coefficient (Wildman–Crippen LogP) is 2.38. The lowest BCUT2D eigenvalue weighted by atomic mass is 10.1. The lowest BCUT2D eigenvalue weighted by molar-refractivity contribution is -0.131. The predicted molar refractivity (Wildman–Crippen MR) is 60.5 cm³/mol. The first-order chi connectivity index (χ1) is 7.75. The Morgan fingerprint density at radius 1 is 1.25 bits per heavy atom. The van der Waals surface area contributed by atoms with Gasteiger partial charge in [-0.05, 0) is 37.0 Å². The molecule has 0 atom stereocenters. The zero-order valence-corrected chi connectivity index (χ0v) is 9.29. The molecule has 0 bridgehead atoms. The van der Waals surface area contributed by atoms with Crippen LogP contribution in [-0.2, 0) is 11.2 Å². The smallest absolute Gasteiger partial charge is 0.226 e. The molecule has 1 heterocycles. The zero-order valence-electron chi connectivity index (χ0n) is 9.29. The molecule has 0 saturated carbocycles. The summed E-state index contributed by atoms with van der Waals surface area (Å²) in [4.78, 5) is 13.8. The van der Waals surface area contributed by atoms with Gasteiger partial charge in [0.1, 0.15) is 5.82 Å². The summed E-state index contributed by atoms with van der Waals surface area (Å²) in [6.07, 6.45) is 3.71. The number of carbonyl (C=O) groups excluding carboxylic acids is 1. The summed E-state index contributed by atoms with van der Waals surface area (Å²) in [5, 5.41) is 0. The van der Waals surface area contributed by atoms with Crippen LogP contribution < -0.4 is 0 Å². The molecule has 1 aromatic carbocycles. The van der Waals surface area contributed by atoms with Crippen molar-refractivity contribution in [1.82, 2.24) is 4.90 Å². The average molecular weight is 221 g/mol. The SMILES string of the molecule is O=C(Cc1cccc(F)c1)N1CCCCC1. The van der Waals surface area contributed by atoms with Crippen molar-refractivity contribution in [2.75, 3.05) is 13.1 Å². The van der Waals surface area contributed by atoms with E-state index >= 15 is 0 Å². The van der Waals surface area contributed by atoms with Crippen LogP contribution in [0.25, 0.3) is 0 Å². The van der Waals surface area contributed by atoms with Gasteiger partial charge in [-0.2, -0.15) is 0 Å². The van der Waals surface area contributed by atoms with E-state index in [-0.39, 0.29) is 11.7 Å². The summed E-state index contributed by atoms with van der Waals surface area (Å²) in [7, 11) is 0. The largest absolute Gasteiger partial charge is 0.342 e. The summed E-state index contributed by atoms with van der Waals surface area (Å²) in [5.74, 6) is -0.158. The number of piperidine rings is 1. The maximum atomic E-state index is 12.9. The molecule has 0 radical (unpaired) electrons. The summed E-state index contributed by atoms with van der Waals surface area (Å²) in [6, 6.07) is 6.27. The highest BCUT2D eigenvalue weighted by Gasteiger charge is 2.16. The Labute approximate surface area is 95.1 Å². The Kier molecular flexibility index (Phi) is 3.54. The molecule has 1 aliphatic rings. The van der Waals surface area contributed by atoms with Crippen LogP contribution in [0.5, 0.6) is 0 Å². The van der Waals surface area contributed by atoms with Crippen molar-refractivity contribution in [3.8, 4) is 0 Å². The second-order valence-corrected chi connectivity index (χ2v) is 4.25. The van der Waals surface area contributed by atoms with Crippen molar-refractivity contribution in [3.63, 3.8) is 0 Å². The lowest BCUT2D eigenvalue weighted by Gasteiger charge is -2.26. The van der Waals surface area contributed by atoms with Crippen LogP contribution >= 0.6 is 0 Å². The first kappa shape index (κ1) is 11.1. The van der Waals surface area contributed by atoms with Gasteiger partial charge in [0.2, 0.25) is 5.91 Å². The molecule has 1 saturated heterocycles. The first-order valence-electron chi connectivity index (χ1n) is 5.78. The monoisotopic (exact) mass is 221 g/mol. The molecule has 2 rings (SSSR count). The Morgan fingerprint density at radius 2 is 2.00 bits per heavy atom. The molecular weight excluding hydrogens is 205 g/mol. The van der Waals surface area contributed by atoms with Crippen LogP contribution in [0.1, 0.15) is 24.8 Å². The number of nitrogens with zero attached hydrogens (tertiary/aromatic N) is 1. The second-order valence-electron chi connectivity index (χ2n) is 4.25. The minimum Gasteiger partial charge on any atom is -0.342 e. The second kappa shape index (κ2) is 5.10. The molecule has 0 spiro atoms. The molecule has 0 N–H and O–H groups in total. The van der Waals surface area contributed by atoms with Gasteiger partial charge in [0.15, 0.2) is 0 Å². The maximum absolute atomic E-state index is 12.9. The first-order valence-corrected chi connectivity index (χ1v) is 5.78. The van der Waals surface area contributed by atoms with Crippen LogP contribution in [0.2, 0.25) is 0 Å². The maximum Gasteiger partial charge on any atom is 0.226 e. The van der Waals surface area contributed by atoms with Gasteiger partial charge in [0.05, 0.1) is 6.42 Å². The van der Waals surface area contributed by atoms with Crippen molar-refractivity contribution >= 4 is 5.91 Å². The van der Waals surface area contributed by atoms with Gasteiger partial charge in [-0.3, -0.25) is 4.79 Å². The van der Waals surface area contributed by atoms with Gasteiger partial charge in [0, 0.05) is 13.1 Å². The third-order valence-electron chi connectivity index (χ3n) is 2.95. The van der Waals surface area contributed by atoms with Crippen LogP contribution in [0, 0.1) is 5.82 Å². The topological polar surface area (TPSA) is 20.3 Å². The molecule has 0 aliphatic carbocycles. The Balaban J connectivity index is 1.96. The van der Waals surface area contributed by atoms with Gasteiger partial charge in [-0.15, -0.1) is 0 Å². The van der Waals surface area contributed by atoms with Gasteiger partial charge < -0.3 is 4.90 Å². The Bertz CT molecular complexity index is 372. The van der Waals surface area contributed by atoms with Gasteiger partial charge in [0.25, 0.3) is 0 Å². The molecule has 86 valence electrons. The molecule has 16 heavy (non-hydrogen) atoms. The number of hydrogen-bond acceptors (Lipinski definition) is 1. The fourth-order valence-corrected chi connectivity index (χ4v) is 2.08. The molecule has 1 aromatic rings. The third-order valence-corrected chi connectivity index (χ3v) is 2.95. The fraction of sp³-hybridized carbons (Fsp3) is 0.462. The molecule has 1 amide bonds. The number of hydrogen-bond donors (Lipinski definition) is 0. The van der Waals surface area contributed by atoms with Gasteiger partial charge in [-0.1, -0.05) is 12.1 Å². The van der Waals surface area contributed by atoms with Crippen molar-refractivity contribution in [2.45, 2.75) is 25.7 Å². The summed E-state index contributed by atoms with van der Waals surface area (Å²) >= 11 is 0. The van der Waals surface area contributed by atoms with E-state index in [1.807, 2.05) is 4.90 Å². The quantitative estimate of drug-likeness (QED) is 0.751. The molecule has 3 heteroatoms. The van der Waals surface area contributed by atoms with E-state index in [0.29, 0.717) is 6.42 Å². The van der Waals surface area contributed by atoms with E-state index in [1.54, 1.807) is 12.1 Å². The van der Waals surface area contributed by atoms with E-state index in [0.717, 1.165) is 31.5 Å². The standard InChI is InChI=1S/C13H16FNO/c14-12-6-4-5-11(9-12)10-13(16)15-7-2-1-3-8-15/h4-6,9H,1-3,7-8,10H2. The number of benzene rings is 1. The van der Waals surface area contributed by atoms with Crippen LogP contribution in [-0.4, -0.2) is 23.9 Å². The molecule has 0 aromatic heterocycles. The van der Waals surface area contributed by atoms with E-state index in [1.165, 1.54) is 18.6 Å². The van der Waals surface area contributed by atoms with Crippen LogP contribution in [0.4, 0.5) is 4.39 Å². The highest BCUT2D eigenvalue weighted by atomic mass is 19.1.